The van der Waals surface area contributed by atoms with E-state index in [0.717, 1.165) is 18.5 Å². The molecule has 10 nitrogen and oxygen atoms in total. The van der Waals surface area contributed by atoms with Crippen molar-refractivity contribution in [3.05, 3.63) is 39.9 Å². The first kappa shape index (κ1) is 28.4. The highest BCUT2D eigenvalue weighted by atomic mass is 19.4. The lowest BCUT2D eigenvalue weighted by Crippen LogP contribution is -2.54. The number of nitrogens with zero attached hydrogens (tertiary/aromatic N) is 4. The molecular weight excluding hydrogens is 538 g/mol. The number of aromatic nitrogens is 3. The Morgan fingerprint density at radius 1 is 1.28 bits per heavy atom. The van der Waals surface area contributed by atoms with Gasteiger partial charge in [0.2, 0.25) is 5.91 Å². The van der Waals surface area contributed by atoms with Crippen molar-refractivity contribution in [1.29, 1.82) is 0 Å². The number of halogens is 6. The smallest absolute Gasteiger partial charge is 0.423 e. The fourth-order valence-corrected chi connectivity index (χ4v) is 4.64. The molecular formula is C23H26F6N6O4. The fourth-order valence-electron chi connectivity index (χ4n) is 4.64. The molecule has 1 fully saturated rings. The van der Waals surface area contributed by atoms with Crippen molar-refractivity contribution in [2.24, 2.45) is 0 Å². The summed E-state index contributed by atoms with van der Waals surface area (Å²) in [5, 5.41) is 7.67. The number of H-pyrrole nitrogens is 1. The van der Waals surface area contributed by atoms with Gasteiger partial charge in [0.1, 0.15) is 18.8 Å². The number of rotatable bonds is 7. The van der Waals surface area contributed by atoms with Crippen LogP contribution in [0.15, 0.2) is 23.3 Å². The summed E-state index contributed by atoms with van der Waals surface area (Å²) in [6, 6.07) is -0.120. The van der Waals surface area contributed by atoms with Crippen LogP contribution in [0, 0.1) is 0 Å². The van der Waals surface area contributed by atoms with E-state index in [1.54, 1.807) is 12.1 Å². The number of piperidine rings is 1. The van der Waals surface area contributed by atoms with Crippen LogP contribution in [-0.2, 0) is 21.9 Å². The van der Waals surface area contributed by atoms with Crippen molar-refractivity contribution < 1.29 is 40.6 Å². The Bertz CT molecular complexity index is 1250. The summed E-state index contributed by atoms with van der Waals surface area (Å²) >= 11 is 0. The largest absolute Gasteiger partial charge is 0.488 e. The monoisotopic (exact) mass is 564 g/mol. The first-order valence-corrected chi connectivity index (χ1v) is 12.0. The van der Waals surface area contributed by atoms with Gasteiger partial charge in [0, 0.05) is 31.9 Å². The molecule has 2 aromatic heterocycles. The zero-order chi connectivity index (χ0) is 28.5. The standard InChI is InChI=1S/C23H26F6N6O4/c1-12(32-16-8-31-33-21(37)19(16)23(27,28)29)9-38-11-18(36)34(2)14-3-4-35-15(6-14)10-39-17-5-13(22(24,25)26)7-30-20(17)35/h5,7-8,12,14-15H,3-4,6,9-11H2,1-2H3,(H2,32,33,37)/t12-,14-,15-/m0/s1. The number of nitrogens with one attached hydrogen (secondary N) is 2. The van der Waals surface area contributed by atoms with Gasteiger partial charge in [0.05, 0.1) is 30.1 Å². The van der Waals surface area contributed by atoms with E-state index in [1.165, 1.54) is 11.8 Å². The van der Waals surface area contributed by atoms with Gasteiger partial charge in [-0.2, -0.15) is 31.4 Å². The van der Waals surface area contributed by atoms with Crippen molar-refractivity contribution in [1.82, 2.24) is 20.1 Å². The van der Waals surface area contributed by atoms with Crippen molar-refractivity contribution in [3.8, 4) is 5.75 Å². The van der Waals surface area contributed by atoms with Crippen LogP contribution >= 0.6 is 0 Å². The molecule has 2 aliphatic heterocycles. The zero-order valence-corrected chi connectivity index (χ0v) is 20.9. The van der Waals surface area contributed by atoms with E-state index in [9.17, 15) is 35.9 Å². The van der Waals surface area contributed by atoms with Gasteiger partial charge in [-0.25, -0.2) is 10.1 Å². The number of carbonyl (C=O) groups excluding carboxylic acids is 1. The number of alkyl halides is 6. The second-order valence-electron chi connectivity index (χ2n) is 9.43. The number of hydrogen-bond acceptors (Lipinski definition) is 8. The summed E-state index contributed by atoms with van der Waals surface area (Å²) in [7, 11) is 1.61. The van der Waals surface area contributed by atoms with Gasteiger partial charge < -0.3 is 24.6 Å². The number of pyridine rings is 1. The second kappa shape index (κ2) is 10.9. The number of ether oxygens (including phenoxy) is 2. The van der Waals surface area contributed by atoms with Gasteiger partial charge in [-0.3, -0.25) is 9.59 Å². The van der Waals surface area contributed by atoms with E-state index in [0.29, 0.717) is 25.2 Å². The second-order valence-corrected chi connectivity index (χ2v) is 9.43. The number of aromatic amines is 1. The number of amides is 1. The Hall–Kier alpha value is -3.56. The maximum atomic E-state index is 13.2. The van der Waals surface area contributed by atoms with Crippen molar-refractivity contribution in [2.45, 2.75) is 50.2 Å². The minimum atomic E-state index is -4.89. The predicted molar refractivity (Wildman–Crippen MR) is 125 cm³/mol. The highest BCUT2D eigenvalue weighted by Crippen LogP contribution is 2.40. The molecule has 0 unspecified atom stereocenters. The van der Waals surface area contributed by atoms with E-state index in [4.69, 9.17) is 9.47 Å². The lowest BCUT2D eigenvalue weighted by atomic mass is 9.95. The van der Waals surface area contributed by atoms with Crippen LogP contribution in [0.1, 0.15) is 30.9 Å². The highest BCUT2D eigenvalue weighted by molar-refractivity contribution is 5.77. The molecule has 0 spiro atoms. The molecule has 0 aromatic carbocycles. The maximum absolute atomic E-state index is 13.2. The summed E-state index contributed by atoms with van der Waals surface area (Å²) < 4.78 is 89.5. The molecule has 39 heavy (non-hydrogen) atoms. The average molecular weight is 564 g/mol. The number of anilines is 2. The van der Waals surface area contributed by atoms with Crippen LogP contribution in [0.2, 0.25) is 0 Å². The normalized spacial score (nSPS) is 19.9. The predicted octanol–water partition coefficient (Wildman–Crippen LogP) is 2.91. The molecule has 3 atom stereocenters. The Morgan fingerprint density at radius 3 is 2.72 bits per heavy atom. The molecule has 1 saturated heterocycles. The van der Waals surface area contributed by atoms with Crippen molar-refractivity contribution in [2.75, 3.05) is 43.6 Å². The molecule has 1 amide bonds. The summed E-state index contributed by atoms with van der Waals surface area (Å²) in [4.78, 5) is 31.7. The topological polar surface area (TPSA) is 113 Å². The maximum Gasteiger partial charge on any atom is 0.423 e. The molecule has 2 N–H and O–H groups in total. The summed E-state index contributed by atoms with van der Waals surface area (Å²) in [6.45, 7) is 1.67. The molecule has 214 valence electrons. The quantitative estimate of drug-likeness (QED) is 0.494. The molecule has 16 heteroatoms. The summed E-state index contributed by atoms with van der Waals surface area (Å²) in [6.07, 6.45) is -6.76. The zero-order valence-electron chi connectivity index (χ0n) is 20.9. The molecule has 0 bridgehead atoms. The van der Waals surface area contributed by atoms with Crippen molar-refractivity contribution in [3.63, 3.8) is 0 Å². The average Bonchev–Trinajstić information content (AvgIpc) is 2.86. The Balaban J connectivity index is 1.28. The van der Waals surface area contributed by atoms with E-state index in [2.05, 4.69) is 15.4 Å². The van der Waals surface area contributed by atoms with Gasteiger partial charge in [0.15, 0.2) is 11.6 Å². The van der Waals surface area contributed by atoms with Crippen LogP contribution in [-0.4, -0.2) is 77.5 Å². The molecule has 2 aliphatic rings. The SMILES string of the molecule is C[C@@H](COCC(=O)N(C)[C@H]1CCN2c3ncc(C(F)(F)F)cc3OC[C@@H]2C1)Nc1cn[nH]c(=O)c1C(F)(F)F. The molecule has 2 aromatic rings. The summed E-state index contributed by atoms with van der Waals surface area (Å²) in [5.41, 5.74) is -4.17. The minimum Gasteiger partial charge on any atom is -0.488 e. The first-order valence-electron chi connectivity index (χ1n) is 12.0. The van der Waals surface area contributed by atoms with Gasteiger partial charge >= 0.3 is 12.4 Å². The Kier molecular flexibility index (Phi) is 7.95. The third kappa shape index (κ3) is 6.37. The third-order valence-corrected chi connectivity index (χ3v) is 6.63. The highest BCUT2D eigenvalue weighted by Gasteiger charge is 2.40. The molecule has 0 radical (unpaired) electrons. The van der Waals surface area contributed by atoms with Crippen LogP contribution in [0.5, 0.6) is 5.75 Å². The third-order valence-electron chi connectivity index (χ3n) is 6.63. The molecule has 0 saturated carbocycles. The molecule has 0 aliphatic carbocycles. The van der Waals surface area contributed by atoms with Crippen LogP contribution in [0.3, 0.4) is 0 Å². The minimum absolute atomic E-state index is 0.0679. The van der Waals surface area contributed by atoms with Crippen molar-refractivity contribution >= 4 is 17.4 Å². The van der Waals surface area contributed by atoms with E-state index in [-0.39, 0.29) is 43.6 Å². The van der Waals surface area contributed by atoms with Crippen LogP contribution < -0.4 is 20.5 Å². The van der Waals surface area contributed by atoms with Gasteiger partial charge in [-0.15, -0.1) is 0 Å². The number of likely N-dealkylation sites (N-methyl/N-ethyl adjacent to an activating group) is 1. The number of carbonyl (C=O) groups is 1. The fraction of sp³-hybridized carbons (Fsp3) is 0.565. The number of fused-ring (bicyclic) bond motifs is 3. The lowest BCUT2D eigenvalue weighted by Gasteiger charge is -2.45. The van der Waals surface area contributed by atoms with Gasteiger partial charge in [-0.1, -0.05) is 0 Å². The molecule has 4 rings (SSSR count). The first-order chi connectivity index (χ1) is 18.3. The van der Waals surface area contributed by atoms with Crippen LogP contribution in [0.4, 0.5) is 37.8 Å². The van der Waals surface area contributed by atoms with Gasteiger partial charge in [-0.05, 0) is 25.8 Å². The van der Waals surface area contributed by atoms with E-state index < -0.39 is 40.8 Å². The molecule has 4 heterocycles. The van der Waals surface area contributed by atoms with Crippen LogP contribution in [0.25, 0.3) is 0 Å². The van der Waals surface area contributed by atoms with E-state index >= 15 is 0 Å². The lowest BCUT2D eigenvalue weighted by molar-refractivity contribution is -0.138. The van der Waals surface area contributed by atoms with Gasteiger partial charge in [0.25, 0.3) is 5.56 Å². The van der Waals surface area contributed by atoms with E-state index in [1.807, 2.05) is 4.90 Å². The summed E-state index contributed by atoms with van der Waals surface area (Å²) in [5.74, 6) is 0.0543. The Morgan fingerprint density at radius 2 is 2.03 bits per heavy atom. The number of hydrogen-bond donors (Lipinski definition) is 2. The Labute approximate surface area is 218 Å².